The van der Waals surface area contributed by atoms with Crippen LogP contribution in [0.1, 0.15) is 95.1 Å². The number of hydrogen-bond acceptors (Lipinski definition) is 6. The summed E-state index contributed by atoms with van der Waals surface area (Å²) < 4.78 is 17.7. The number of aryl methyl sites for hydroxylation is 3. The van der Waals surface area contributed by atoms with Crippen molar-refractivity contribution >= 4 is 22.9 Å². The molecule has 248 valence electrons. The molecule has 1 N–H and O–H groups in total. The van der Waals surface area contributed by atoms with Gasteiger partial charge in [-0.05, 0) is 98.9 Å². The Morgan fingerprint density at radius 3 is 2.28 bits per heavy atom. The molecule has 2 heterocycles. The average Bonchev–Trinajstić information content (AvgIpc) is 3.55. The monoisotopic (exact) mass is 628 g/mol. The second-order valence-electron chi connectivity index (χ2n) is 15.0. The Balaban J connectivity index is 1.19. The minimum Gasteiger partial charge on any atom is -0.461 e. The Labute approximate surface area is 274 Å². The van der Waals surface area contributed by atoms with Crippen LogP contribution in [0.3, 0.4) is 0 Å². The van der Waals surface area contributed by atoms with Gasteiger partial charge in [0.1, 0.15) is 18.0 Å². The predicted molar refractivity (Wildman–Crippen MR) is 181 cm³/mol. The maximum atomic E-state index is 13.6. The van der Waals surface area contributed by atoms with E-state index in [4.69, 9.17) is 13.9 Å². The molecule has 0 bridgehead atoms. The molecule has 2 fully saturated rings. The molecule has 0 unspecified atom stereocenters. The van der Waals surface area contributed by atoms with Crippen LogP contribution < -0.4 is 0 Å². The summed E-state index contributed by atoms with van der Waals surface area (Å²) in [6.07, 6.45) is 9.99. The Morgan fingerprint density at radius 1 is 0.978 bits per heavy atom. The SMILES string of the molecule is Cc1ccc(CCc2ccc3oc(CC4(C(=O)OC[C@]5(CO)C/C(=C\CC(CC(C)C)CC(C)C)C(=O)O5)CCC4)cc3c2)cc1. The van der Waals surface area contributed by atoms with Crippen LogP contribution in [-0.4, -0.2) is 35.9 Å². The Hall–Kier alpha value is -3.38. The van der Waals surface area contributed by atoms with E-state index in [2.05, 4.69) is 77.1 Å². The van der Waals surface area contributed by atoms with Crippen molar-refractivity contribution < 1.29 is 28.6 Å². The van der Waals surface area contributed by atoms with Crippen LogP contribution in [0.25, 0.3) is 11.0 Å². The number of allylic oxidation sites excluding steroid dienone is 1. The summed E-state index contributed by atoms with van der Waals surface area (Å²) in [5.74, 6) is 1.70. The molecule has 1 aliphatic heterocycles. The van der Waals surface area contributed by atoms with Crippen LogP contribution in [0, 0.1) is 30.1 Å². The van der Waals surface area contributed by atoms with Gasteiger partial charge in [-0.2, -0.15) is 0 Å². The fraction of sp³-hybridized carbons (Fsp3) is 0.550. The highest BCUT2D eigenvalue weighted by molar-refractivity contribution is 5.91. The molecular weight excluding hydrogens is 576 g/mol. The number of cyclic esters (lactones) is 1. The lowest BCUT2D eigenvalue weighted by atomic mass is 9.66. The highest BCUT2D eigenvalue weighted by Crippen LogP contribution is 2.46. The van der Waals surface area contributed by atoms with Gasteiger partial charge >= 0.3 is 11.9 Å². The van der Waals surface area contributed by atoms with Crippen LogP contribution in [0.2, 0.25) is 0 Å². The molecule has 6 nitrogen and oxygen atoms in total. The highest BCUT2D eigenvalue weighted by Gasteiger charge is 2.49. The average molecular weight is 629 g/mol. The first-order valence-corrected chi connectivity index (χ1v) is 17.3. The zero-order chi connectivity index (χ0) is 32.9. The van der Waals surface area contributed by atoms with Crippen molar-refractivity contribution in [2.75, 3.05) is 13.2 Å². The number of fused-ring (bicyclic) bond motifs is 1. The lowest BCUT2D eigenvalue weighted by Crippen LogP contribution is -2.45. The van der Waals surface area contributed by atoms with E-state index in [1.807, 2.05) is 12.1 Å². The van der Waals surface area contributed by atoms with Gasteiger partial charge in [0, 0.05) is 23.8 Å². The van der Waals surface area contributed by atoms with E-state index in [1.54, 1.807) is 0 Å². The summed E-state index contributed by atoms with van der Waals surface area (Å²) in [7, 11) is 0. The quantitative estimate of drug-likeness (QED) is 0.134. The van der Waals surface area contributed by atoms with E-state index in [1.165, 1.54) is 16.7 Å². The van der Waals surface area contributed by atoms with Crippen molar-refractivity contribution in [3.05, 3.63) is 82.6 Å². The number of ether oxygens (including phenoxy) is 2. The van der Waals surface area contributed by atoms with Crippen LogP contribution in [-0.2, 0) is 38.3 Å². The Morgan fingerprint density at radius 2 is 1.65 bits per heavy atom. The number of aliphatic hydroxyl groups is 1. The summed E-state index contributed by atoms with van der Waals surface area (Å²) in [5.41, 5.74) is 3.33. The summed E-state index contributed by atoms with van der Waals surface area (Å²) in [5, 5.41) is 11.3. The first-order valence-electron chi connectivity index (χ1n) is 17.3. The molecule has 6 heteroatoms. The minimum atomic E-state index is -1.23. The van der Waals surface area contributed by atoms with Crippen molar-refractivity contribution in [1.29, 1.82) is 0 Å². The number of rotatable bonds is 15. The number of esters is 2. The van der Waals surface area contributed by atoms with E-state index in [9.17, 15) is 14.7 Å². The summed E-state index contributed by atoms with van der Waals surface area (Å²) >= 11 is 0. The molecule has 1 aliphatic carbocycles. The van der Waals surface area contributed by atoms with E-state index in [0.29, 0.717) is 29.7 Å². The number of hydrogen-bond donors (Lipinski definition) is 1. The van der Waals surface area contributed by atoms with E-state index < -0.39 is 23.6 Å². The topological polar surface area (TPSA) is 86.0 Å². The van der Waals surface area contributed by atoms with Gasteiger partial charge in [0.25, 0.3) is 0 Å². The molecule has 1 aromatic heterocycles. The Bertz CT molecular complexity index is 1510. The largest absolute Gasteiger partial charge is 0.461 e. The third kappa shape index (κ3) is 8.31. The molecule has 5 rings (SSSR count). The van der Waals surface area contributed by atoms with Gasteiger partial charge in [-0.3, -0.25) is 4.79 Å². The second-order valence-corrected chi connectivity index (χ2v) is 15.0. The minimum absolute atomic E-state index is 0.154. The molecule has 0 radical (unpaired) electrons. The molecule has 1 saturated heterocycles. The molecule has 1 atom stereocenters. The van der Waals surface area contributed by atoms with Crippen LogP contribution >= 0.6 is 0 Å². The number of carbonyl (C=O) groups is 2. The summed E-state index contributed by atoms with van der Waals surface area (Å²) in [6.45, 7) is 10.5. The maximum absolute atomic E-state index is 13.6. The van der Waals surface area contributed by atoms with Gasteiger partial charge in [0.2, 0.25) is 0 Å². The fourth-order valence-corrected chi connectivity index (χ4v) is 7.19. The number of carbonyl (C=O) groups excluding carboxylic acids is 2. The predicted octanol–water partition coefficient (Wildman–Crippen LogP) is 8.49. The zero-order valence-electron chi connectivity index (χ0n) is 28.4. The van der Waals surface area contributed by atoms with Crippen LogP contribution in [0.4, 0.5) is 0 Å². The van der Waals surface area contributed by atoms with Crippen molar-refractivity contribution in [3.63, 3.8) is 0 Å². The van der Waals surface area contributed by atoms with Crippen LogP contribution in [0.15, 0.2) is 64.6 Å². The van der Waals surface area contributed by atoms with Gasteiger partial charge in [0.15, 0.2) is 5.60 Å². The normalized spacial score (nSPS) is 20.2. The summed E-state index contributed by atoms with van der Waals surface area (Å²) in [4.78, 5) is 26.4. The molecule has 2 aliphatic rings. The fourth-order valence-electron chi connectivity index (χ4n) is 7.19. The molecule has 0 spiro atoms. The number of furan rings is 1. The van der Waals surface area contributed by atoms with Crippen molar-refractivity contribution in [2.24, 2.45) is 23.2 Å². The zero-order valence-corrected chi connectivity index (χ0v) is 28.4. The van der Waals surface area contributed by atoms with Gasteiger partial charge in [0.05, 0.1) is 12.0 Å². The van der Waals surface area contributed by atoms with Gasteiger partial charge in [-0.25, -0.2) is 4.79 Å². The third-order valence-corrected chi connectivity index (χ3v) is 9.86. The molecule has 2 aromatic carbocycles. The van der Waals surface area contributed by atoms with Gasteiger partial charge in [-0.15, -0.1) is 0 Å². The smallest absolute Gasteiger partial charge is 0.334 e. The van der Waals surface area contributed by atoms with Gasteiger partial charge in [-0.1, -0.05) is 76.1 Å². The summed E-state index contributed by atoms with van der Waals surface area (Å²) in [6, 6.07) is 17.0. The maximum Gasteiger partial charge on any atom is 0.334 e. The first kappa shape index (κ1) is 34.0. The molecule has 1 saturated carbocycles. The first-order chi connectivity index (χ1) is 22.0. The van der Waals surface area contributed by atoms with Crippen molar-refractivity contribution in [1.82, 2.24) is 0 Å². The molecule has 46 heavy (non-hydrogen) atoms. The number of benzene rings is 2. The van der Waals surface area contributed by atoms with Crippen molar-refractivity contribution in [3.8, 4) is 0 Å². The standard InChI is InChI=1S/C40H52O6/c1-27(2)19-32(20-28(3)4)13-15-33-23-40(25-41,46-37(33)42)26-44-38(43)39(17-6-18-39)24-35-22-34-21-31(14-16-36(34)45-35)12-11-30-9-7-29(5)8-10-30/h7-10,14-16,21-22,27-28,32,41H,6,11-13,17-20,23-26H2,1-5H3/b33-15+/t40-/m1/s1. The lowest BCUT2D eigenvalue weighted by molar-refractivity contribution is -0.177. The van der Waals surface area contributed by atoms with Crippen LogP contribution in [0.5, 0.6) is 0 Å². The third-order valence-electron chi connectivity index (χ3n) is 9.86. The molecular formula is C40H52O6. The Kier molecular flexibility index (Phi) is 10.8. The lowest BCUT2D eigenvalue weighted by Gasteiger charge is -2.39. The van der Waals surface area contributed by atoms with E-state index >= 15 is 0 Å². The van der Waals surface area contributed by atoms with Crippen molar-refractivity contribution in [2.45, 2.75) is 104 Å². The van der Waals surface area contributed by atoms with E-state index in [-0.39, 0.29) is 19.0 Å². The van der Waals surface area contributed by atoms with Gasteiger partial charge < -0.3 is 19.0 Å². The number of aliphatic hydroxyl groups excluding tert-OH is 1. The highest BCUT2D eigenvalue weighted by atomic mass is 16.6. The second kappa shape index (κ2) is 14.6. The van der Waals surface area contributed by atoms with E-state index in [0.717, 1.165) is 68.1 Å². The molecule has 0 amide bonds. The molecule has 3 aromatic rings.